The van der Waals surface area contributed by atoms with Crippen LogP contribution in [0.4, 0.5) is 5.69 Å². The highest BCUT2D eigenvalue weighted by atomic mass is 35.5. The van der Waals surface area contributed by atoms with E-state index in [1.165, 1.54) is 19.3 Å². The van der Waals surface area contributed by atoms with Gasteiger partial charge in [0, 0.05) is 16.8 Å². The van der Waals surface area contributed by atoms with Crippen LogP contribution < -0.4 is 5.32 Å². The van der Waals surface area contributed by atoms with E-state index in [1.54, 1.807) is 0 Å². The third-order valence-corrected chi connectivity index (χ3v) is 4.18. The lowest BCUT2D eigenvalue weighted by molar-refractivity contribution is 0.350. The number of benzene rings is 1. The first-order chi connectivity index (χ1) is 7.49. The van der Waals surface area contributed by atoms with Crippen molar-refractivity contribution in [1.29, 1.82) is 0 Å². The number of rotatable bonds is 2. The number of nitrogens with one attached hydrogen (secondary N) is 1. The van der Waals surface area contributed by atoms with Crippen LogP contribution in [-0.2, 0) is 0 Å². The molecule has 2 rings (SSSR count). The van der Waals surface area contributed by atoms with Gasteiger partial charge >= 0.3 is 0 Å². The van der Waals surface area contributed by atoms with Gasteiger partial charge in [-0.2, -0.15) is 0 Å². The standard InChI is InChI=1S/C14H20ClN/c1-10-6-7-11(9-12(10)15)16-13-5-4-8-14(13,2)3/h6-7,9,13,16H,4-5,8H2,1-3H3. The molecule has 0 saturated heterocycles. The number of hydrogen-bond donors (Lipinski definition) is 1. The summed E-state index contributed by atoms with van der Waals surface area (Å²) >= 11 is 6.13. The minimum absolute atomic E-state index is 0.400. The van der Waals surface area contributed by atoms with Crippen molar-refractivity contribution in [2.75, 3.05) is 5.32 Å². The molecule has 1 atom stereocenters. The summed E-state index contributed by atoms with van der Waals surface area (Å²) in [5, 5.41) is 4.46. The Bertz CT molecular complexity index is 384. The topological polar surface area (TPSA) is 12.0 Å². The van der Waals surface area contributed by atoms with E-state index < -0.39 is 0 Å². The van der Waals surface area contributed by atoms with E-state index in [0.29, 0.717) is 11.5 Å². The number of hydrogen-bond acceptors (Lipinski definition) is 1. The molecule has 2 heteroatoms. The number of anilines is 1. The first-order valence-corrected chi connectivity index (χ1v) is 6.39. The minimum Gasteiger partial charge on any atom is -0.382 e. The van der Waals surface area contributed by atoms with Gasteiger partial charge in [-0.3, -0.25) is 0 Å². The minimum atomic E-state index is 0.400. The van der Waals surface area contributed by atoms with Gasteiger partial charge in [0.05, 0.1) is 0 Å². The predicted molar refractivity (Wildman–Crippen MR) is 71.2 cm³/mol. The Morgan fingerprint density at radius 3 is 2.69 bits per heavy atom. The molecular formula is C14H20ClN. The van der Waals surface area contributed by atoms with Crippen LogP contribution in [0.3, 0.4) is 0 Å². The van der Waals surface area contributed by atoms with Crippen molar-refractivity contribution in [1.82, 2.24) is 0 Å². The van der Waals surface area contributed by atoms with E-state index in [0.717, 1.165) is 16.3 Å². The summed E-state index contributed by atoms with van der Waals surface area (Å²) in [4.78, 5) is 0. The maximum absolute atomic E-state index is 6.13. The van der Waals surface area contributed by atoms with E-state index in [9.17, 15) is 0 Å². The molecule has 0 radical (unpaired) electrons. The van der Waals surface area contributed by atoms with Crippen molar-refractivity contribution in [3.05, 3.63) is 28.8 Å². The molecule has 16 heavy (non-hydrogen) atoms. The molecule has 0 bridgehead atoms. The highest BCUT2D eigenvalue weighted by Gasteiger charge is 2.34. The normalized spacial score (nSPS) is 23.4. The summed E-state index contributed by atoms with van der Waals surface area (Å²) in [6, 6.07) is 6.80. The van der Waals surface area contributed by atoms with E-state index in [-0.39, 0.29) is 0 Å². The van der Waals surface area contributed by atoms with Crippen molar-refractivity contribution in [3.63, 3.8) is 0 Å². The Kier molecular flexibility index (Phi) is 3.16. The van der Waals surface area contributed by atoms with Crippen LogP contribution in [0.5, 0.6) is 0 Å². The Morgan fingerprint density at radius 1 is 1.38 bits per heavy atom. The van der Waals surface area contributed by atoms with Crippen molar-refractivity contribution >= 4 is 17.3 Å². The second-order valence-corrected chi connectivity index (χ2v) is 5.95. The lowest BCUT2D eigenvalue weighted by Crippen LogP contribution is -2.30. The van der Waals surface area contributed by atoms with Gasteiger partial charge in [-0.1, -0.05) is 37.9 Å². The van der Waals surface area contributed by atoms with E-state index in [4.69, 9.17) is 11.6 Å². The van der Waals surface area contributed by atoms with Crippen LogP contribution in [0.25, 0.3) is 0 Å². The molecule has 1 aliphatic rings. The van der Waals surface area contributed by atoms with Gasteiger partial charge < -0.3 is 5.32 Å². The predicted octanol–water partition coefficient (Wildman–Crippen LogP) is 4.64. The molecule has 0 heterocycles. The maximum atomic E-state index is 6.13. The Balaban J connectivity index is 2.12. The number of halogens is 1. The molecule has 1 nitrogen and oxygen atoms in total. The van der Waals surface area contributed by atoms with E-state index in [1.807, 2.05) is 13.0 Å². The van der Waals surface area contributed by atoms with Crippen molar-refractivity contribution in [2.45, 2.75) is 46.1 Å². The van der Waals surface area contributed by atoms with E-state index in [2.05, 4.69) is 31.3 Å². The van der Waals surface area contributed by atoms with Crippen LogP contribution >= 0.6 is 11.6 Å². The van der Waals surface area contributed by atoms with Crippen molar-refractivity contribution in [3.8, 4) is 0 Å². The average Bonchev–Trinajstić information content (AvgIpc) is 2.52. The van der Waals surface area contributed by atoms with Crippen LogP contribution in [0.15, 0.2) is 18.2 Å². The molecular weight excluding hydrogens is 218 g/mol. The highest BCUT2D eigenvalue weighted by molar-refractivity contribution is 6.31. The number of aryl methyl sites for hydroxylation is 1. The lowest BCUT2D eigenvalue weighted by atomic mass is 9.87. The molecule has 0 amide bonds. The Hall–Kier alpha value is -0.690. The van der Waals surface area contributed by atoms with Gasteiger partial charge in [0.1, 0.15) is 0 Å². The molecule has 1 unspecified atom stereocenters. The van der Waals surface area contributed by atoms with Crippen LogP contribution in [0, 0.1) is 12.3 Å². The molecule has 88 valence electrons. The second-order valence-electron chi connectivity index (χ2n) is 5.54. The van der Waals surface area contributed by atoms with Crippen LogP contribution in [0.1, 0.15) is 38.7 Å². The first-order valence-electron chi connectivity index (χ1n) is 6.02. The van der Waals surface area contributed by atoms with Crippen LogP contribution in [-0.4, -0.2) is 6.04 Å². The fourth-order valence-corrected chi connectivity index (χ4v) is 2.66. The summed E-state index contributed by atoms with van der Waals surface area (Å²) < 4.78 is 0. The van der Waals surface area contributed by atoms with Gasteiger partial charge in [-0.15, -0.1) is 0 Å². The lowest BCUT2D eigenvalue weighted by Gasteiger charge is -2.28. The summed E-state index contributed by atoms with van der Waals surface area (Å²) in [6.45, 7) is 6.71. The summed E-state index contributed by atoms with van der Waals surface area (Å²) in [6.07, 6.45) is 3.90. The SMILES string of the molecule is Cc1ccc(NC2CCCC2(C)C)cc1Cl. The highest BCUT2D eigenvalue weighted by Crippen LogP contribution is 2.39. The molecule has 1 aromatic rings. The molecule has 0 spiro atoms. The third kappa shape index (κ3) is 2.35. The monoisotopic (exact) mass is 237 g/mol. The first kappa shape index (κ1) is 11.8. The molecule has 1 N–H and O–H groups in total. The van der Waals surface area contributed by atoms with Crippen molar-refractivity contribution in [2.24, 2.45) is 5.41 Å². The zero-order valence-electron chi connectivity index (χ0n) is 10.3. The summed E-state index contributed by atoms with van der Waals surface area (Å²) in [5.74, 6) is 0. The van der Waals surface area contributed by atoms with Crippen molar-refractivity contribution < 1.29 is 0 Å². The fraction of sp³-hybridized carbons (Fsp3) is 0.571. The largest absolute Gasteiger partial charge is 0.382 e. The smallest absolute Gasteiger partial charge is 0.0455 e. The molecule has 0 aliphatic heterocycles. The second kappa shape index (κ2) is 4.29. The van der Waals surface area contributed by atoms with Gasteiger partial charge in [-0.05, 0) is 42.9 Å². The fourth-order valence-electron chi connectivity index (χ4n) is 2.48. The zero-order valence-corrected chi connectivity index (χ0v) is 11.1. The molecule has 1 aliphatic carbocycles. The maximum Gasteiger partial charge on any atom is 0.0455 e. The summed E-state index contributed by atoms with van der Waals surface area (Å²) in [7, 11) is 0. The molecule has 1 aromatic carbocycles. The van der Waals surface area contributed by atoms with Gasteiger partial charge in [0.25, 0.3) is 0 Å². The zero-order chi connectivity index (χ0) is 11.8. The average molecular weight is 238 g/mol. The molecule has 0 aromatic heterocycles. The van der Waals surface area contributed by atoms with E-state index >= 15 is 0 Å². The van der Waals surface area contributed by atoms with Crippen LogP contribution in [0.2, 0.25) is 5.02 Å². The van der Waals surface area contributed by atoms with Gasteiger partial charge in [0.2, 0.25) is 0 Å². The summed E-state index contributed by atoms with van der Waals surface area (Å²) in [5.41, 5.74) is 2.69. The Labute approximate surface area is 103 Å². The molecule has 1 saturated carbocycles. The molecule has 1 fully saturated rings. The Morgan fingerprint density at radius 2 is 2.12 bits per heavy atom. The third-order valence-electron chi connectivity index (χ3n) is 3.77. The van der Waals surface area contributed by atoms with Gasteiger partial charge in [-0.25, -0.2) is 0 Å². The quantitative estimate of drug-likeness (QED) is 0.790. The van der Waals surface area contributed by atoms with Gasteiger partial charge in [0.15, 0.2) is 0 Å².